The van der Waals surface area contributed by atoms with Crippen LogP contribution in [0.25, 0.3) is 0 Å². The van der Waals surface area contributed by atoms with E-state index in [0.717, 1.165) is 11.8 Å². The van der Waals surface area contributed by atoms with Gasteiger partial charge in [0.1, 0.15) is 0 Å². The van der Waals surface area contributed by atoms with Crippen LogP contribution in [0.15, 0.2) is 11.4 Å². The number of amides is 1. The summed E-state index contributed by atoms with van der Waals surface area (Å²) in [5, 5.41) is 12.0. The number of carbonyl (C=O) groups excluding carboxylic acids is 1. The summed E-state index contributed by atoms with van der Waals surface area (Å²) in [7, 11) is 0. The molecule has 0 unspecified atom stereocenters. The molecule has 6 heteroatoms. The third-order valence-electron chi connectivity index (χ3n) is 1.65. The van der Waals surface area contributed by atoms with Gasteiger partial charge in [-0.3, -0.25) is 4.79 Å². The average molecular weight is 230 g/mol. The molecule has 0 rings (SSSR count). The number of rotatable bonds is 6. The Morgan fingerprint density at radius 3 is 2.53 bits per heavy atom. The first kappa shape index (κ1) is 13.6. The molecule has 0 aliphatic carbocycles. The number of carboxylic acids is 1. The van der Waals surface area contributed by atoms with Crippen molar-refractivity contribution < 1.29 is 14.7 Å². The SMILES string of the molecule is CCCCC(=O)N/C(C(=O)O)=C(\N)C=S. The molecule has 84 valence electrons. The molecule has 0 aromatic carbocycles. The molecule has 5 nitrogen and oxygen atoms in total. The highest BCUT2D eigenvalue weighted by Gasteiger charge is 2.14. The van der Waals surface area contributed by atoms with Crippen LogP contribution in [0.3, 0.4) is 0 Å². The van der Waals surface area contributed by atoms with Crippen LogP contribution in [0.5, 0.6) is 0 Å². The van der Waals surface area contributed by atoms with Gasteiger partial charge in [-0.15, -0.1) is 0 Å². The first-order valence-corrected chi connectivity index (χ1v) is 4.98. The molecule has 0 aromatic heterocycles. The van der Waals surface area contributed by atoms with Crippen LogP contribution < -0.4 is 11.1 Å². The number of aliphatic carboxylic acids is 1. The van der Waals surface area contributed by atoms with Gasteiger partial charge in [0.2, 0.25) is 5.91 Å². The van der Waals surface area contributed by atoms with Gasteiger partial charge in [0.05, 0.1) is 5.70 Å². The van der Waals surface area contributed by atoms with E-state index in [-0.39, 0.29) is 23.7 Å². The number of nitrogens with one attached hydrogen (secondary N) is 1. The van der Waals surface area contributed by atoms with E-state index in [0.29, 0.717) is 6.42 Å². The van der Waals surface area contributed by atoms with Gasteiger partial charge in [0.15, 0.2) is 5.70 Å². The molecule has 0 saturated heterocycles. The summed E-state index contributed by atoms with van der Waals surface area (Å²) in [5.41, 5.74) is 4.84. The molecular weight excluding hydrogens is 216 g/mol. The number of hydrogen-bond donors (Lipinski definition) is 3. The fourth-order valence-corrected chi connectivity index (χ4v) is 0.965. The number of allylic oxidation sites excluding steroid dienone is 1. The lowest BCUT2D eigenvalue weighted by Crippen LogP contribution is -2.30. The summed E-state index contributed by atoms with van der Waals surface area (Å²) in [4.78, 5) is 21.9. The van der Waals surface area contributed by atoms with Crippen LogP contribution in [0.1, 0.15) is 26.2 Å². The normalized spacial score (nSPS) is 11.5. The fraction of sp³-hybridized carbons (Fsp3) is 0.444. The van der Waals surface area contributed by atoms with Gasteiger partial charge in [-0.25, -0.2) is 4.79 Å². The standard InChI is InChI=1S/C9H14N2O3S/c1-2-3-4-7(12)11-8(9(13)14)6(10)5-15/h5H,2-4,10H2,1H3,(H,11,12)(H,13,14)/b8-6-. The number of thiocarbonyl (C=S) groups is 1. The summed E-state index contributed by atoms with van der Waals surface area (Å²) < 4.78 is 0. The van der Waals surface area contributed by atoms with Gasteiger partial charge in [-0.1, -0.05) is 25.6 Å². The van der Waals surface area contributed by atoms with E-state index in [9.17, 15) is 9.59 Å². The van der Waals surface area contributed by atoms with E-state index >= 15 is 0 Å². The Labute approximate surface area is 93.3 Å². The average Bonchev–Trinajstić information content (AvgIpc) is 2.21. The molecule has 0 fully saturated rings. The summed E-state index contributed by atoms with van der Waals surface area (Å²) in [6.45, 7) is 1.94. The van der Waals surface area contributed by atoms with Crippen molar-refractivity contribution in [3.8, 4) is 0 Å². The smallest absolute Gasteiger partial charge is 0.354 e. The summed E-state index contributed by atoms with van der Waals surface area (Å²) in [6.07, 6.45) is 1.84. The Bertz CT molecular complexity index is 300. The molecule has 0 atom stereocenters. The summed E-state index contributed by atoms with van der Waals surface area (Å²) in [5.74, 6) is -1.66. The highest BCUT2D eigenvalue weighted by Crippen LogP contribution is 1.98. The van der Waals surface area contributed by atoms with E-state index in [4.69, 9.17) is 10.8 Å². The van der Waals surface area contributed by atoms with E-state index in [1.165, 1.54) is 0 Å². The molecule has 0 aliphatic rings. The first-order chi connectivity index (χ1) is 7.02. The van der Waals surface area contributed by atoms with Crippen LogP contribution >= 0.6 is 12.2 Å². The van der Waals surface area contributed by atoms with Crippen molar-refractivity contribution in [3.63, 3.8) is 0 Å². The second-order valence-corrected chi connectivity index (χ2v) is 3.14. The monoisotopic (exact) mass is 230 g/mol. The minimum Gasteiger partial charge on any atom is -0.477 e. The fourth-order valence-electron chi connectivity index (χ4n) is 0.847. The largest absolute Gasteiger partial charge is 0.477 e. The zero-order valence-electron chi connectivity index (χ0n) is 8.45. The van der Waals surface area contributed by atoms with Crippen molar-refractivity contribution in [1.82, 2.24) is 5.32 Å². The Balaban J connectivity index is 4.51. The zero-order chi connectivity index (χ0) is 11.8. The van der Waals surface area contributed by atoms with Crippen molar-refractivity contribution >= 4 is 29.5 Å². The maximum atomic E-state index is 11.2. The Kier molecular flexibility index (Phi) is 6.28. The van der Waals surface area contributed by atoms with E-state index < -0.39 is 5.97 Å². The van der Waals surface area contributed by atoms with Crippen molar-refractivity contribution in [3.05, 3.63) is 11.4 Å². The van der Waals surface area contributed by atoms with E-state index in [1.54, 1.807) is 0 Å². The van der Waals surface area contributed by atoms with Gasteiger partial charge in [-0.05, 0) is 6.42 Å². The van der Waals surface area contributed by atoms with Gasteiger partial charge >= 0.3 is 5.97 Å². The van der Waals surface area contributed by atoms with Gasteiger partial charge in [0.25, 0.3) is 0 Å². The second kappa shape index (κ2) is 6.94. The molecule has 0 saturated carbocycles. The minimum atomic E-state index is -1.29. The predicted octanol–water partition coefficient (Wildman–Crippen LogP) is 0.547. The Morgan fingerprint density at radius 1 is 1.53 bits per heavy atom. The highest BCUT2D eigenvalue weighted by molar-refractivity contribution is 7.79. The molecule has 0 aliphatic heterocycles. The molecule has 0 aromatic rings. The molecule has 0 bridgehead atoms. The third-order valence-corrected chi connectivity index (χ3v) is 1.91. The van der Waals surface area contributed by atoms with Gasteiger partial charge < -0.3 is 16.2 Å². The van der Waals surface area contributed by atoms with Crippen molar-refractivity contribution in [2.24, 2.45) is 5.73 Å². The maximum absolute atomic E-state index is 11.2. The van der Waals surface area contributed by atoms with Gasteiger partial charge in [0, 0.05) is 11.8 Å². The van der Waals surface area contributed by atoms with Crippen LogP contribution in [-0.2, 0) is 9.59 Å². The summed E-state index contributed by atoms with van der Waals surface area (Å²) >= 11 is 4.49. The lowest BCUT2D eigenvalue weighted by Gasteiger charge is -2.06. The number of unbranched alkanes of at least 4 members (excludes halogenated alkanes) is 1. The number of carboxylic acid groups (broad SMARTS) is 1. The zero-order valence-corrected chi connectivity index (χ0v) is 9.26. The molecule has 0 heterocycles. The highest BCUT2D eigenvalue weighted by atomic mass is 32.1. The number of carbonyl (C=O) groups is 2. The number of nitrogens with two attached hydrogens (primary N) is 1. The molecule has 15 heavy (non-hydrogen) atoms. The van der Waals surface area contributed by atoms with Crippen LogP contribution in [0.2, 0.25) is 0 Å². The molecular formula is C9H14N2O3S. The maximum Gasteiger partial charge on any atom is 0.354 e. The summed E-state index contributed by atoms with van der Waals surface area (Å²) in [6, 6.07) is 0. The lowest BCUT2D eigenvalue weighted by molar-refractivity contribution is -0.134. The van der Waals surface area contributed by atoms with E-state index in [1.807, 2.05) is 6.92 Å². The molecule has 0 radical (unpaired) electrons. The molecule has 0 spiro atoms. The Morgan fingerprint density at radius 2 is 2.13 bits per heavy atom. The van der Waals surface area contributed by atoms with Crippen LogP contribution in [0, 0.1) is 0 Å². The molecule has 1 amide bonds. The minimum absolute atomic E-state index is 0.123. The Hall–Kier alpha value is -1.43. The first-order valence-electron chi connectivity index (χ1n) is 4.51. The van der Waals surface area contributed by atoms with Gasteiger partial charge in [-0.2, -0.15) is 0 Å². The quantitative estimate of drug-likeness (QED) is 0.457. The third kappa shape index (κ3) is 5.11. The topological polar surface area (TPSA) is 92.4 Å². The second-order valence-electron chi connectivity index (χ2n) is 2.91. The van der Waals surface area contributed by atoms with Crippen LogP contribution in [0.4, 0.5) is 0 Å². The van der Waals surface area contributed by atoms with Crippen molar-refractivity contribution in [2.75, 3.05) is 0 Å². The van der Waals surface area contributed by atoms with Crippen molar-refractivity contribution in [2.45, 2.75) is 26.2 Å². The predicted molar refractivity (Wildman–Crippen MR) is 60.2 cm³/mol. The number of hydrogen-bond acceptors (Lipinski definition) is 4. The van der Waals surface area contributed by atoms with Crippen molar-refractivity contribution in [1.29, 1.82) is 0 Å². The lowest BCUT2D eigenvalue weighted by atomic mass is 10.2. The van der Waals surface area contributed by atoms with Crippen LogP contribution in [-0.4, -0.2) is 22.4 Å². The van der Waals surface area contributed by atoms with E-state index in [2.05, 4.69) is 17.5 Å². The molecule has 4 N–H and O–H groups in total.